The maximum atomic E-state index is 10.0. The monoisotopic (exact) mass is 352 g/mol. The molecular formula is C18H22Cl2N2O. The fraction of sp³-hybridized carbons (Fsp3) is 0.333. The number of halogens is 2. The Morgan fingerprint density at radius 3 is 2.09 bits per heavy atom. The van der Waals surface area contributed by atoms with Gasteiger partial charge in [0.05, 0.1) is 6.10 Å². The molecule has 0 spiro atoms. The number of rotatable bonds is 8. The summed E-state index contributed by atoms with van der Waals surface area (Å²) in [6, 6.07) is 15.6. The van der Waals surface area contributed by atoms with Gasteiger partial charge in [0.2, 0.25) is 0 Å². The number of aliphatic hydroxyl groups excluding tert-OH is 1. The highest BCUT2D eigenvalue weighted by atomic mass is 35.5. The molecule has 5 heteroatoms. The maximum absolute atomic E-state index is 10.0. The Morgan fingerprint density at radius 1 is 0.913 bits per heavy atom. The Hall–Kier alpha value is -1.10. The third-order valence-electron chi connectivity index (χ3n) is 3.65. The van der Waals surface area contributed by atoms with Crippen molar-refractivity contribution in [2.75, 3.05) is 13.1 Å². The zero-order valence-electron chi connectivity index (χ0n) is 13.1. The van der Waals surface area contributed by atoms with E-state index in [2.05, 4.69) is 17.6 Å². The van der Waals surface area contributed by atoms with Gasteiger partial charge in [0.15, 0.2) is 0 Å². The predicted octanol–water partition coefficient (Wildman–Crippen LogP) is 3.79. The fourth-order valence-electron chi connectivity index (χ4n) is 2.24. The van der Waals surface area contributed by atoms with Crippen molar-refractivity contribution in [3.05, 3.63) is 69.7 Å². The Balaban J connectivity index is 1.67. The van der Waals surface area contributed by atoms with Crippen LogP contribution in [0, 0.1) is 0 Å². The molecule has 23 heavy (non-hydrogen) atoms. The highest BCUT2D eigenvalue weighted by Gasteiger charge is 2.08. The van der Waals surface area contributed by atoms with E-state index in [4.69, 9.17) is 23.2 Å². The normalized spacial score (nSPS) is 13.7. The summed E-state index contributed by atoms with van der Waals surface area (Å²) in [7, 11) is 0. The van der Waals surface area contributed by atoms with Crippen molar-refractivity contribution >= 4 is 23.2 Å². The van der Waals surface area contributed by atoms with Crippen molar-refractivity contribution in [3.8, 4) is 0 Å². The van der Waals surface area contributed by atoms with Crippen molar-refractivity contribution in [1.29, 1.82) is 0 Å². The van der Waals surface area contributed by atoms with Gasteiger partial charge in [-0.15, -0.1) is 0 Å². The number of nitrogens with one attached hydrogen (secondary N) is 2. The molecule has 0 aliphatic carbocycles. The van der Waals surface area contributed by atoms with Gasteiger partial charge >= 0.3 is 0 Å². The van der Waals surface area contributed by atoms with E-state index in [9.17, 15) is 5.11 Å². The van der Waals surface area contributed by atoms with Crippen molar-refractivity contribution in [2.45, 2.75) is 25.6 Å². The minimum atomic E-state index is -0.447. The molecule has 2 aromatic rings. The summed E-state index contributed by atoms with van der Waals surface area (Å²) in [5.74, 6) is 0. The van der Waals surface area contributed by atoms with Crippen LogP contribution in [0.2, 0.25) is 10.0 Å². The number of benzene rings is 2. The molecular weight excluding hydrogens is 331 g/mol. The van der Waals surface area contributed by atoms with Gasteiger partial charge in [-0.3, -0.25) is 0 Å². The molecule has 0 saturated carbocycles. The maximum Gasteiger partial charge on any atom is 0.0789 e. The third kappa shape index (κ3) is 6.50. The van der Waals surface area contributed by atoms with Crippen LogP contribution < -0.4 is 10.6 Å². The van der Waals surface area contributed by atoms with Gasteiger partial charge in [-0.1, -0.05) is 47.5 Å². The first-order valence-electron chi connectivity index (χ1n) is 7.66. The molecule has 0 bridgehead atoms. The number of hydrogen-bond donors (Lipinski definition) is 3. The van der Waals surface area contributed by atoms with E-state index in [1.165, 1.54) is 0 Å². The molecule has 0 heterocycles. The van der Waals surface area contributed by atoms with E-state index < -0.39 is 6.10 Å². The SMILES string of the molecule is CC(NCC(O)CNCc1ccc(Cl)cc1)c1ccc(Cl)cc1. The lowest BCUT2D eigenvalue weighted by atomic mass is 10.1. The summed E-state index contributed by atoms with van der Waals surface area (Å²) >= 11 is 11.7. The second-order valence-electron chi connectivity index (χ2n) is 5.59. The average molecular weight is 353 g/mol. The van der Waals surface area contributed by atoms with Crippen LogP contribution in [0.4, 0.5) is 0 Å². The molecule has 2 aromatic carbocycles. The second-order valence-corrected chi connectivity index (χ2v) is 6.47. The van der Waals surface area contributed by atoms with Crippen LogP contribution in [0.15, 0.2) is 48.5 Å². The Bertz CT molecular complexity index is 587. The average Bonchev–Trinajstić information content (AvgIpc) is 2.55. The van der Waals surface area contributed by atoms with E-state index in [0.29, 0.717) is 19.6 Å². The molecule has 0 amide bonds. The van der Waals surface area contributed by atoms with Crippen molar-refractivity contribution in [1.82, 2.24) is 10.6 Å². The van der Waals surface area contributed by atoms with Crippen molar-refractivity contribution < 1.29 is 5.11 Å². The first-order valence-corrected chi connectivity index (χ1v) is 8.42. The van der Waals surface area contributed by atoms with Gasteiger partial charge in [0.1, 0.15) is 0 Å². The Kier molecular flexibility index (Phi) is 7.34. The van der Waals surface area contributed by atoms with Crippen LogP contribution >= 0.6 is 23.2 Å². The van der Waals surface area contributed by atoms with E-state index >= 15 is 0 Å². The number of hydrogen-bond acceptors (Lipinski definition) is 3. The molecule has 0 aliphatic rings. The summed E-state index contributed by atoms with van der Waals surface area (Å²) in [5, 5.41) is 18.1. The van der Waals surface area contributed by atoms with E-state index in [1.54, 1.807) is 0 Å². The lowest BCUT2D eigenvalue weighted by Gasteiger charge is -2.18. The smallest absolute Gasteiger partial charge is 0.0789 e. The Morgan fingerprint density at radius 2 is 1.48 bits per heavy atom. The molecule has 0 fully saturated rings. The van der Waals surface area contributed by atoms with Gasteiger partial charge in [0.25, 0.3) is 0 Å². The molecule has 0 aromatic heterocycles. The van der Waals surface area contributed by atoms with E-state index in [1.807, 2.05) is 48.5 Å². The lowest BCUT2D eigenvalue weighted by Crippen LogP contribution is -2.36. The molecule has 2 rings (SSSR count). The highest BCUT2D eigenvalue weighted by molar-refractivity contribution is 6.30. The standard InChI is InChI=1S/C18H22Cl2N2O/c1-13(15-4-8-17(20)9-5-15)22-12-18(23)11-21-10-14-2-6-16(19)7-3-14/h2-9,13,18,21-23H,10-12H2,1H3. The first kappa shape index (κ1) is 18.2. The summed E-state index contributed by atoms with van der Waals surface area (Å²) in [6.07, 6.45) is -0.447. The van der Waals surface area contributed by atoms with Crippen molar-refractivity contribution in [2.24, 2.45) is 0 Å². The summed E-state index contributed by atoms with van der Waals surface area (Å²) < 4.78 is 0. The second kappa shape index (κ2) is 9.26. The van der Waals surface area contributed by atoms with Gasteiger partial charge in [-0.05, 0) is 42.3 Å². The lowest BCUT2D eigenvalue weighted by molar-refractivity contribution is 0.164. The zero-order chi connectivity index (χ0) is 16.7. The topological polar surface area (TPSA) is 44.3 Å². The van der Waals surface area contributed by atoms with Crippen molar-refractivity contribution in [3.63, 3.8) is 0 Å². The predicted molar refractivity (Wildman–Crippen MR) is 97.0 cm³/mol. The minimum Gasteiger partial charge on any atom is -0.390 e. The van der Waals surface area contributed by atoms with Gasteiger partial charge in [-0.2, -0.15) is 0 Å². The number of aliphatic hydroxyl groups is 1. The largest absolute Gasteiger partial charge is 0.390 e. The fourth-order valence-corrected chi connectivity index (χ4v) is 2.49. The van der Waals surface area contributed by atoms with E-state index in [-0.39, 0.29) is 6.04 Å². The van der Waals surface area contributed by atoms with Gasteiger partial charge in [-0.25, -0.2) is 0 Å². The van der Waals surface area contributed by atoms with Crippen LogP contribution in [0.1, 0.15) is 24.1 Å². The zero-order valence-corrected chi connectivity index (χ0v) is 14.6. The van der Waals surface area contributed by atoms with Crippen LogP contribution in [0.5, 0.6) is 0 Å². The highest BCUT2D eigenvalue weighted by Crippen LogP contribution is 2.15. The molecule has 2 atom stereocenters. The molecule has 0 aliphatic heterocycles. The molecule has 3 N–H and O–H groups in total. The van der Waals surface area contributed by atoms with Crippen LogP contribution in [0.3, 0.4) is 0 Å². The molecule has 3 nitrogen and oxygen atoms in total. The summed E-state index contributed by atoms with van der Waals surface area (Å²) in [5.41, 5.74) is 2.29. The van der Waals surface area contributed by atoms with Gasteiger partial charge in [0, 0.05) is 35.7 Å². The molecule has 0 saturated heterocycles. The molecule has 2 unspecified atom stereocenters. The third-order valence-corrected chi connectivity index (χ3v) is 4.16. The van der Waals surface area contributed by atoms with Crippen LogP contribution in [-0.4, -0.2) is 24.3 Å². The summed E-state index contributed by atoms with van der Waals surface area (Å²) in [6.45, 7) is 3.83. The Labute approximate surface area is 147 Å². The molecule has 124 valence electrons. The molecule has 0 radical (unpaired) electrons. The minimum absolute atomic E-state index is 0.165. The quantitative estimate of drug-likeness (QED) is 0.677. The summed E-state index contributed by atoms with van der Waals surface area (Å²) in [4.78, 5) is 0. The first-order chi connectivity index (χ1) is 11.0. The van der Waals surface area contributed by atoms with Crippen LogP contribution in [0.25, 0.3) is 0 Å². The van der Waals surface area contributed by atoms with Crippen LogP contribution in [-0.2, 0) is 6.54 Å². The van der Waals surface area contributed by atoms with Gasteiger partial charge < -0.3 is 15.7 Å². The van der Waals surface area contributed by atoms with E-state index in [0.717, 1.165) is 21.2 Å².